The molecule has 0 saturated carbocycles. The van der Waals surface area contributed by atoms with Gasteiger partial charge in [0.2, 0.25) is 10.0 Å². The van der Waals surface area contributed by atoms with Crippen molar-refractivity contribution < 1.29 is 13.3 Å². The van der Waals surface area contributed by atoms with Crippen LogP contribution in [-0.4, -0.2) is 42.7 Å². The van der Waals surface area contributed by atoms with Crippen LogP contribution in [0.15, 0.2) is 36.7 Å². The first kappa shape index (κ1) is 24.4. The van der Waals surface area contributed by atoms with Crippen molar-refractivity contribution in [2.45, 2.75) is 12.8 Å². The second-order valence-corrected chi connectivity index (χ2v) is 7.16. The summed E-state index contributed by atoms with van der Waals surface area (Å²) < 4.78 is 23.9. The lowest BCUT2D eigenvalue weighted by Crippen LogP contribution is -2.24. The number of anilines is 1. The van der Waals surface area contributed by atoms with Crippen molar-refractivity contribution in [2.75, 3.05) is 25.1 Å². The summed E-state index contributed by atoms with van der Waals surface area (Å²) in [4.78, 5) is 17.2. The third kappa shape index (κ3) is 10.8. The predicted octanol–water partition coefficient (Wildman–Crippen LogP) is 0.697. The number of aromatic nitrogens is 2. The third-order valence-corrected chi connectivity index (χ3v) is 3.78. The van der Waals surface area contributed by atoms with E-state index in [4.69, 9.17) is 11.5 Å². The number of sulfonamides is 1. The zero-order valence-electron chi connectivity index (χ0n) is 15.3. The zero-order valence-corrected chi connectivity index (χ0v) is 16.1. The van der Waals surface area contributed by atoms with Crippen LogP contribution in [0.4, 0.5) is 11.6 Å². The summed E-state index contributed by atoms with van der Waals surface area (Å²) in [5.74, 6) is 0.334. The van der Waals surface area contributed by atoms with Crippen LogP contribution in [0.2, 0.25) is 0 Å². The first-order valence-corrected chi connectivity index (χ1v) is 9.55. The van der Waals surface area contributed by atoms with E-state index in [2.05, 4.69) is 14.7 Å². The monoisotopic (exact) mass is 397 g/mol. The molecule has 0 bridgehead atoms. The second-order valence-electron chi connectivity index (χ2n) is 5.33. The van der Waals surface area contributed by atoms with Crippen LogP contribution in [0.1, 0.15) is 11.1 Å². The van der Waals surface area contributed by atoms with Crippen LogP contribution in [0.5, 0.6) is 0 Å². The van der Waals surface area contributed by atoms with Crippen LogP contribution >= 0.6 is 0 Å². The van der Waals surface area contributed by atoms with E-state index in [9.17, 15) is 18.5 Å². The molecule has 2 aromatic rings. The van der Waals surface area contributed by atoms with E-state index in [1.807, 2.05) is 6.07 Å². The highest BCUT2D eigenvalue weighted by atomic mass is 32.2. The van der Waals surface area contributed by atoms with Gasteiger partial charge in [-0.25, -0.2) is 18.1 Å². The molecule has 11 heteroatoms. The van der Waals surface area contributed by atoms with Crippen molar-refractivity contribution in [1.29, 1.82) is 0 Å². The fourth-order valence-corrected chi connectivity index (χ4v) is 2.28. The SMILES string of the molecule is CS(=O)(=O)NCCc1ccc(N)nc1.NCCc1ccc([N+](=O)[O-])nc1.[CH3-]. The van der Waals surface area contributed by atoms with E-state index in [1.54, 1.807) is 18.3 Å². The third-order valence-electron chi connectivity index (χ3n) is 3.05. The number of hydrogen-bond donors (Lipinski definition) is 3. The van der Waals surface area contributed by atoms with E-state index in [0.29, 0.717) is 31.7 Å². The minimum Gasteiger partial charge on any atom is -0.384 e. The van der Waals surface area contributed by atoms with E-state index in [-0.39, 0.29) is 13.2 Å². The molecule has 0 spiro atoms. The molecule has 0 aliphatic carbocycles. The molecular formula is C16H25N6O4S-. The van der Waals surface area contributed by atoms with Crippen molar-refractivity contribution in [3.8, 4) is 0 Å². The molecule has 0 saturated heterocycles. The number of nitrogen functional groups attached to an aromatic ring is 1. The molecule has 10 nitrogen and oxygen atoms in total. The normalized spacial score (nSPS) is 10.3. The zero-order chi connectivity index (χ0) is 19.6. The quantitative estimate of drug-likeness (QED) is 0.348. The first-order valence-electron chi connectivity index (χ1n) is 7.65. The van der Waals surface area contributed by atoms with Gasteiger partial charge in [0.1, 0.15) is 12.0 Å². The van der Waals surface area contributed by atoms with Gasteiger partial charge < -0.3 is 29.0 Å². The Morgan fingerprint density at radius 2 is 1.70 bits per heavy atom. The molecule has 0 amide bonds. The van der Waals surface area contributed by atoms with Crippen LogP contribution in [0.3, 0.4) is 0 Å². The van der Waals surface area contributed by atoms with E-state index in [1.165, 1.54) is 12.3 Å². The average molecular weight is 397 g/mol. The number of nitrogens with one attached hydrogen (secondary N) is 1. The highest BCUT2D eigenvalue weighted by Gasteiger charge is 2.04. The molecule has 0 aliphatic heterocycles. The summed E-state index contributed by atoms with van der Waals surface area (Å²) >= 11 is 0. The Hall–Kier alpha value is -2.63. The second kappa shape index (κ2) is 11.9. The summed E-state index contributed by atoms with van der Waals surface area (Å²) in [7, 11) is -3.10. The van der Waals surface area contributed by atoms with Crippen molar-refractivity contribution in [1.82, 2.24) is 14.7 Å². The van der Waals surface area contributed by atoms with Crippen molar-refractivity contribution in [3.05, 3.63) is 65.3 Å². The number of pyridine rings is 2. The summed E-state index contributed by atoms with van der Waals surface area (Å²) in [5, 5.41) is 10.2. The Balaban J connectivity index is 0.000000488. The van der Waals surface area contributed by atoms with Gasteiger partial charge in [0.15, 0.2) is 0 Å². The van der Waals surface area contributed by atoms with Crippen molar-refractivity contribution >= 4 is 21.7 Å². The fraction of sp³-hybridized carbons (Fsp3) is 0.312. The summed E-state index contributed by atoms with van der Waals surface area (Å²) in [6, 6.07) is 6.56. The van der Waals surface area contributed by atoms with Gasteiger partial charge in [-0.2, -0.15) is 0 Å². The molecule has 0 unspecified atom stereocenters. The standard InChI is InChI=1S/C8H13N3O2S.C7H9N3O2.CH3/c1-14(12,13)11-5-4-7-2-3-8(9)10-6-7;8-4-3-6-1-2-7(9-5-6)10(11)12;/h2-3,6,11H,4-5H2,1H3,(H2,9,10);1-2,5H,3-4,8H2;1H3/q;;-1. The van der Waals surface area contributed by atoms with E-state index >= 15 is 0 Å². The summed E-state index contributed by atoms with van der Waals surface area (Å²) in [6.45, 7) is 0.907. The topological polar surface area (TPSA) is 167 Å². The Morgan fingerprint density at radius 1 is 1.11 bits per heavy atom. The maximum atomic E-state index is 10.7. The summed E-state index contributed by atoms with van der Waals surface area (Å²) in [5.41, 5.74) is 12.6. The minimum atomic E-state index is -3.10. The summed E-state index contributed by atoms with van der Waals surface area (Å²) in [6.07, 6.45) is 5.56. The Morgan fingerprint density at radius 3 is 2.15 bits per heavy atom. The lowest BCUT2D eigenvalue weighted by atomic mass is 10.2. The largest absolute Gasteiger partial charge is 0.384 e. The van der Waals surface area contributed by atoms with Gasteiger partial charge in [0, 0.05) is 18.8 Å². The van der Waals surface area contributed by atoms with Gasteiger partial charge in [-0.15, -0.1) is 0 Å². The van der Waals surface area contributed by atoms with Crippen LogP contribution in [0.25, 0.3) is 0 Å². The predicted molar refractivity (Wildman–Crippen MR) is 105 cm³/mol. The van der Waals surface area contributed by atoms with Crippen LogP contribution < -0.4 is 16.2 Å². The van der Waals surface area contributed by atoms with Gasteiger partial charge in [0.05, 0.1) is 6.26 Å². The molecule has 0 aliphatic rings. The number of hydrogen-bond acceptors (Lipinski definition) is 8. The van der Waals surface area contributed by atoms with Gasteiger partial charge in [-0.05, 0) is 52.6 Å². The van der Waals surface area contributed by atoms with Gasteiger partial charge in [-0.3, -0.25) is 0 Å². The molecule has 0 aromatic carbocycles. The highest BCUT2D eigenvalue weighted by Crippen LogP contribution is 2.07. The number of nitrogens with zero attached hydrogens (tertiary/aromatic N) is 3. The molecule has 2 rings (SSSR count). The lowest BCUT2D eigenvalue weighted by molar-refractivity contribution is -0.389. The van der Waals surface area contributed by atoms with E-state index < -0.39 is 14.9 Å². The van der Waals surface area contributed by atoms with Crippen molar-refractivity contribution in [3.63, 3.8) is 0 Å². The van der Waals surface area contributed by atoms with E-state index in [0.717, 1.165) is 17.4 Å². The molecule has 150 valence electrons. The van der Waals surface area contributed by atoms with Gasteiger partial charge >= 0.3 is 5.82 Å². The van der Waals surface area contributed by atoms with Crippen LogP contribution in [0, 0.1) is 17.5 Å². The molecular weight excluding hydrogens is 372 g/mol. The molecule has 0 atom stereocenters. The Bertz CT molecular complexity index is 795. The number of rotatable bonds is 7. The fourth-order valence-electron chi connectivity index (χ4n) is 1.80. The number of nitro groups is 1. The molecule has 0 fully saturated rings. The van der Waals surface area contributed by atoms with Crippen molar-refractivity contribution in [2.24, 2.45) is 5.73 Å². The molecule has 27 heavy (non-hydrogen) atoms. The molecule has 2 aromatic heterocycles. The Labute approximate surface area is 159 Å². The average Bonchev–Trinajstić information content (AvgIpc) is 2.57. The molecule has 5 N–H and O–H groups in total. The van der Waals surface area contributed by atoms with Crippen LogP contribution in [-0.2, 0) is 22.9 Å². The van der Waals surface area contributed by atoms with Gasteiger partial charge in [0.25, 0.3) is 0 Å². The maximum absolute atomic E-state index is 10.7. The lowest BCUT2D eigenvalue weighted by Gasteiger charge is -2.02. The Kier molecular flexibility index (Phi) is 10.7. The maximum Gasteiger partial charge on any atom is 0.363 e. The first-order chi connectivity index (χ1) is 12.2. The number of nitrogens with two attached hydrogens (primary N) is 2. The van der Waals surface area contributed by atoms with Gasteiger partial charge in [-0.1, -0.05) is 6.07 Å². The molecule has 0 radical (unpaired) electrons. The minimum absolute atomic E-state index is 0. The highest BCUT2D eigenvalue weighted by molar-refractivity contribution is 7.88. The molecule has 2 heterocycles. The smallest absolute Gasteiger partial charge is 0.363 e.